The number of para-hydroxylation sites is 1. The molecule has 11 heteroatoms. The third kappa shape index (κ3) is 5.35. The maximum absolute atomic E-state index is 13.4. The third-order valence-electron chi connectivity index (χ3n) is 5.45. The molecule has 0 spiro atoms. The molecule has 1 atom stereocenters. The van der Waals surface area contributed by atoms with Crippen molar-refractivity contribution < 1.29 is 27.5 Å². The molecule has 0 radical (unpaired) electrons. The van der Waals surface area contributed by atoms with E-state index < -0.39 is 33.4 Å². The monoisotopic (exact) mass is 524 g/mol. The number of nitriles is 1. The van der Waals surface area contributed by atoms with Gasteiger partial charge in [0.15, 0.2) is 0 Å². The summed E-state index contributed by atoms with van der Waals surface area (Å²) in [5.74, 6) is -3.19. The Balaban J connectivity index is 2.46. The quantitative estimate of drug-likeness (QED) is 0.543. The SMILES string of the molecule is COC(=O)C1=C(C(=O)OC)N(c2ccccc2S(=O)(=O)NC(C)(C)C)C(N)=C(C#N)C1c1ccccc1. The Hall–Kier alpha value is -4.14. The Morgan fingerprint density at radius 2 is 1.57 bits per heavy atom. The van der Waals surface area contributed by atoms with E-state index in [0.29, 0.717) is 5.56 Å². The Morgan fingerprint density at radius 3 is 2.11 bits per heavy atom. The van der Waals surface area contributed by atoms with Gasteiger partial charge >= 0.3 is 11.9 Å². The van der Waals surface area contributed by atoms with Crippen LogP contribution in [-0.2, 0) is 29.1 Å². The number of benzene rings is 2. The summed E-state index contributed by atoms with van der Waals surface area (Å²) in [7, 11) is -1.90. The van der Waals surface area contributed by atoms with E-state index in [1.807, 2.05) is 6.07 Å². The smallest absolute Gasteiger partial charge is 0.355 e. The fourth-order valence-electron chi connectivity index (χ4n) is 4.09. The highest BCUT2D eigenvalue weighted by atomic mass is 32.2. The topological polar surface area (TPSA) is 152 Å². The lowest BCUT2D eigenvalue weighted by atomic mass is 9.81. The summed E-state index contributed by atoms with van der Waals surface area (Å²) in [4.78, 5) is 27.2. The molecule has 1 aliphatic heterocycles. The summed E-state index contributed by atoms with van der Waals surface area (Å²) >= 11 is 0. The van der Waals surface area contributed by atoms with Crippen LogP contribution in [0.15, 0.2) is 82.2 Å². The van der Waals surface area contributed by atoms with Gasteiger partial charge < -0.3 is 15.2 Å². The van der Waals surface area contributed by atoms with Crippen LogP contribution in [0.1, 0.15) is 32.3 Å². The van der Waals surface area contributed by atoms with E-state index >= 15 is 0 Å². The van der Waals surface area contributed by atoms with Crippen LogP contribution < -0.4 is 15.4 Å². The van der Waals surface area contributed by atoms with Crippen molar-refractivity contribution in [3.05, 3.63) is 82.8 Å². The van der Waals surface area contributed by atoms with Crippen LogP contribution in [0.25, 0.3) is 0 Å². The fourth-order valence-corrected chi connectivity index (χ4v) is 5.70. The number of esters is 2. The average Bonchev–Trinajstić information content (AvgIpc) is 2.86. The first kappa shape index (κ1) is 27.4. The van der Waals surface area contributed by atoms with Crippen LogP contribution >= 0.6 is 0 Å². The number of allylic oxidation sites excluding steroid dienone is 1. The molecule has 194 valence electrons. The molecule has 0 saturated carbocycles. The number of nitrogens with two attached hydrogens (primary N) is 1. The summed E-state index contributed by atoms with van der Waals surface area (Å²) in [6.07, 6.45) is 0. The molecule has 0 bridgehead atoms. The summed E-state index contributed by atoms with van der Waals surface area (Å²) < 4.78 is 39.4. The maximum atomic E-state index is 13.4. The van der Waals surface area contributed by atoms with E-state index in [2.05, 4.69) is 4.72 Å². The molecule has 0 fully saturated rings. The molecule has 0 aromatic heterocycles. The van der Waals surface area contributed by atoms with Gasteiger partial charge in [0, 0.05) is 5.54 Å². The van der Waals surface area contributed by atoms with Gasteiger partial charge in [-0.25, -0.2) is 22.7 Å². The largest absolute Gasteiger partial charge is 0.466 e. The standard InChI is InChI=1S/C26H28N4O6S/c1-26(2,3)29-37(33,34)19-14-10-9-13-18(19)30-22(25(32)36-5)21(24(31)35-4)20(17(15-27)23(30)28)16-11-7-6-8-12-16/h6-14,20,29H,28H2,1-5H3. The molecule has 0 amide bonds. The molecule has 0 aliphatic carbocycles. The van der Waals surface area contributed by atoms with Crippen molar-refractivity contribution in [1.29, 1.82) is 5.26 Å². The van der Waals surface area contributed by atoms with Gasteiger partial charge in [0.2, 0.25) is 10.0 Å². The zero-order valence-corrected chi connectivity index (χ0v) is 21.9. The van der Waals surface area contributed by atoms with E-state index in [4.69, 9.17) is 15.2 Å². The van der Waals surface area contributed by atoms with Gasteiger partial charge in [-0.15, -0.1) is 0 Å². The lowest BCUT2D eigenvalue weighted by molar-refractivity contribution is -0.139. The lowest BCUT2D eigenvalue weighted by Crippen LogP contribution is -2.43. The summed E-state index contributed by atoms with van der Waals surface area (Å²) in [6.45, 7) is 5.03. The minimum Gasteiger partial charge on any atom is -0.466 e. The predicted molar refractivity (Wildman–Crippen MR) is 136 cm³/mol. The van der Waals surface area contributed by atoms with Crippen LogP contribution in [0, 0.1) is 11.3 Å². The van der Waals surface area contributed by atoms with E-state index in [1.165, 1.54) is 18.2 Å². The molecule has 1 unspecified atom stereocenters. The highest BCUT2D eigenvalue weighted by Gasteiger charge is 2.44. The van der Waals surface area contributed by atoms with Gasteiger partial charge in [-0.2, -0.15) is 5.26 Å². The van der Waals surface area contributed by atoms with Crippen LogP contribution in [0.2, 0.25) is 0 Å². The summed E-state index contributed by atoms with van der Waals surface area (Å²) in [5.41, 5.74) is 5.45. The van der Waals surface area contributed by atoms with Gasteiger partial charge in [0.1, 0.15) is 16.4 Å². The number of nitrogens with one attached hydrogen (secondary N) is 1. The molecule has 2 aromatic carbocycles. The number of hydrogen-bond acceptors (Lipinski definition) is 9. The normalized spacial score (nSPS) is 16.3. The first-order valence-electron chi connectivity index (χ1n) is 11.2. The van der Waals surface area contributed by atoms with E-state index in [0.717, 1.165) is 19.1 Å². The van der Waals surface area contributed by atoms with E-state index in [-0.39, 0.29) is 33.2 Å². The van der Waals surface area contributed by atoms with Gasteiger partial charge in [-0.1, -0.05) is 42.5 Å². The van der Waals surface area contributed by atoms with Gasteiger partial charge in [-0.3, -0.25) is 4.90 Å². The fraction of sp³-hybridized carbons (Fsp3) is 0.269. The van der Waals surface area contributed by atoms with Crippen molar-refractivity contribution in [3.63, 3.8) is 0 Å². The third-order valence-corrected chi connectivity index (χ3v) is 7.25. The number of sulfonamides is 1. The van der Waals surface area contributed by atoms with Gasteiger partial charge in [0.05, 0.1) is 43.0 Å². The number of ether oxygens (including phenoxy) is 2. The first-order chi connectivity index (χ1) is 17.4. The average molecular weight is 525 g/mol. The number of methoxy groups -OCH3 is 2. The Kier molecular flexibility index (Phi) is 7.76. The molecule has 1 heterocycles. The van der Waals surface area contributed by atoms with E-state index in [1.54, 1.807) is 57.2 Å². The van der Waals surface area contributed by atoms with Crippen molar-refractivity contribution >= 4 is 27.6 Å². The predicted octanol–water partition coefficient (Wildman–Crippen LogP) is 2.66. The minimum absolute atomic E-state index is 0.0576. The molecule has 2 aromatic rings. The maximum Gasteiger partial charge on any atom is 0.355 e. The highest BCUT2D eigenvalue weighted by Crippen LogP contribution is 2.44. The summed E-state index contributed by atoms with van der Waals surface area (Å²) in [5, 5.41) is 10.2. The Bertz CT molecular complexity index is 1430. The minimum atomic E-state index is -4.15. The van der Waals surface area contributed by atoms with Crippen molar-refractivity contribution in [3.8, 4) is 6.07 Å². The lowest BCUT2D eigenvalue weighted by Gasteiger charge is -2.36. The van der Waals surface area contributed by atoms with Crippen molar-refractivity contribution in [1.82, 2.24) is 4.72 Å². The highest BCUT2D eigenvalue weighted by molar-refractivity contribution is 7.89. The second-order valence-corrected chi connectivity index (χ2v) is 10.8. The number of nitrogens with zero attached hydrogens (tertiary/aromatic N) is 2. The molecule has 1 aliphatic rings. The van der Waals surface area contributed by atoms with E-state index in [9.17, 15) is 23.3 Å². The van der Waals surface area contributed by atoms with Crippen LogP contribution in [0.4, 0.5) is 5.69 Å². The first-order valence-corrected chi connectivity index (χ1v) is 12.6. The molecular weight excluding hydrogens is 496 g/mol. The van der Waals surface area contributed by atoms with Crippen molar-refractivity contribution in [2.75, 3.05) is 19.1 Å². The van der Waals surface area contributed by atoms with Crippen molar-refractivity contribution in [2.24, 2.45) is 5.73 Å². The molecule has 0 saturated heterocycles. The number of rotatable bonds is 6. The molecular formula is C26H28N4O6S. The van der Waals surface area contributed by atoms with Crippen molar-refractivity contribution in [2.45, 2.75) is 37.1 Å². The number of anilines is 1. The summed E-state index contributed by atoms with van der Waals surface area (Å²) in [6, 6.07) is 16.4. The molecule has 10 nitrogen and oxygen atoms in total. The molecule has 3 N–H and O–H groups in total. The van der Waals surface area contributed by atoms with Gasteiger partial charge in [-0.05, 0) is 38.5 Å². The second-order valence-electron chi connectivity index (χ2n) is 9.16. The molecule has 3 rings (SSSR count). The number of carbonyl (C=O) groups is 2. The van der Waals surface area contributed by atoms with Crippen LogP contribution in [-0.4, -0.2) is 40.1 Å². The number of hydrogen-bond donors (Lipinski definition) is 2. The second kappa shape index (κ2) is 10.5. The van der Waals surface area contributed by atoms with Crippen LogP contribution in [0.3, 0.4) is 0 Å². The number of carbonyl (C=O) groups excluding carboxylic acids is 2. The van der Waals surface area contributed by atoms with Gasteiger partial charge in [0.25, 0.3) is 0 Å². The zero-order chi connectivity index (χ0) is 27.5. The molecule has 37 heavy (non-hydrogen) atoms. The van der Waals surface area contributed by atoms with Crippen LogP contribution in [0.5, 0.6) is 0 Å². The Morgan fingerprint density at radius 1 is 1.00 bits per heavy atom. The zero-order valence-electron chi connectivity index (χ0n) is 21.1. The Labute approximate surface area is 216 Å².